The molecule has 1 aromatic heterocycles. The highest BCUT2D eigenvalue weighted by atomic mass is 32.1. The van der Waals surface area contributed by atoms with Crippen LogP contribution in [0.1, 0.15) is 5.56 Å². The smallest absolute Gasteiger partial charge is 0.0814 e. The molecule has 0 radical (unpaired) electrons. The zero-order chi connectivity index (χ0) is 10.7. The molecule has 0 aliphatic heterocycles. The standard InChI is InChI=1S/C12H14N2S/c1-14(2)7-10-5-3-4-6-11(10)12-8-15-9-13-12/h3-6,8-9H,7H2,1-2H3. The first-order valence-electron chi connectivity index (χ1n) is 4.88. The molecule has 0 saturated heterocycles. The summed E-state index contributed by atoms with van der Waals surface area (Å²) in [5.74, 6) is 0. The van der Waals surface area contributed by atoms with Gasteiger partial charge in [0.05, 0.1) is 11.2 Å². The van der Waals surface area contributed by atoms with Crippen LogP contribution in [0.25, 0.3) is 11.3 Å². The summed E-state index contributed by atoms with van der Waals surface area (Å²) >= 11 is 1.64. The fraction of sp³-hybridized carbons (Fsp3) is 0.250. The molecule has 78 valence electrons. The lowest BCUT2D eigenvalue weighted by Crippen LogP contribution is -2.11. The second kappa shape index (κ2) is 4.55. The number of rotatable bonds is 3. The Kier molecular flexibility index (Phi) is 3.14. The van der Waals surface area contributed by atoms with Crippen molar-refractivity contribution in [2.45, 2.75) is 6.54 Å². The summed E-state index contributed by atoms with van der Waals surface area (Å²) in [7, 11) is 4.16. The van der Waals surface area contributed by atoms with Crippen LogP contribution < -0.4 is 0 Å². The quantitative estimate of drug-likeness (QED) is 0.787. The molecule has 1 aromatic carbocycles. The maximum Gasteiger partial charge on any atom is 0.0814 e. The van der Waals surface area contributed by atoms with E-state index in [4.69, 9.17) is 0 Å². The van der Waals surface area contributed by atoms with Gasteiger partial charge in [-0.1, -0.05) is 24.3 Å². The summed E-state index contributed by atoms with van der Waals surface area (Å²) in [5.41, 5.74) is 5.53. The average molecular weight is 218 g/mol. The van der Waals surface area contributed by atoms with Crippen molar-refractivity contribution in [1.82, 2.24) is 9.88 Å². The van der Waals surface area contributed by atoms with Crippen molar-refractivity contribution in [3.8, 4) is 11.3 Å². The molecule has 2 aromatic rings. The van der Waals surface area contributed by atoms with Gasteiger partial charge in [0, 0.05) is 17.5 Å². The molecule has 0 spiro atoms. The fourth-order valence-corrected chi connectivity index (χ4v) is 2.15. The minimum absolute atomic E-state index is 0.952. The molecular weight excluding hydrogens is 204 g/mol. The fourth-order valence-electron chi connectivity index (χ4n) is 1.59. The highest BCUT2D eigenvalue weighted by Gasteiger charge is 2.06. The first-order chi connectivity index (χ1) is 7.27. The van der Waals surface area contributed by atoms with Crippen molar-refractivity contribution in [1.29, 1.82) is 0 Å². The largest absolute Gasteiger partial charge is 0.305 e. The number of nitrogens with zero attached hydrogens (tertiary/aromatic N) is 2. The van der Waals surface area contributed by atoms with Crippen molar-refractivity contribution in [3.63, 3.8) is 0 Å². The molecule has 0 N–H and O–H groups in total. The lowest BCUT2D eigenvalue weighted by Gasteiger charge is -2.12. The molecule has 0 atom stereocenters. The van der Waals surface area contributed by atoms with Gasteiger partial charge in [-0.25, -0.2) is 4.98 Å². The van der Waals surface area contributed by atoms with Crippen LogP contribution in [0.2, 0.25) is 0 Å². The molecule has 3 heteroatoms. The van der Waals surface area contributed by atoms with Gasteiger partial charge >= 0.3 is 0 Å². The van der Waals surface area contributed by atoms with E-state index in [1.807, 2.05) is 5.51 Å². The van der Waals surface area contributed by atoms with Crippen molar-refractivity contribution >= 4 is 11.3 Å². The van der Waals surface area contributed by atoms with Gasteiger partial charge < -0.3 is 4.90 Å². The molecule has 0 bridgehead atoms. The molecule has 0 aliphatic rings. The topological polar surface area (TPSA) is 16.1 Å². The van der Waals surface area contributed by atoms with Gasteiger partial charge in [-0.15, -0.1) is 11.3 Å². The van der Waals surface area contributed by atoms with Crippen LogP contribution in [0.4, 0.5) is 0 Å². The summed E-state index contributed by atoms with van der Waals surface area (Å²) in [4.78, 5) is 6.53. The van der Waals surface area contributed by atoms with Gasteiger partial charge in [-0.2, -0.15) is 0 Å². The molecule has 0 aliphatic carbocycles. The van der Waals surface area contributed by atoms with E-state index in [2.05, 4.69) is 53.6 Å². The van der Waals surface area contributed by atoms with Gasteiger partial charge in [0.25, 0.3) is 0 Å². The molecule has 0 fully saturated rings. The molecule has 0 amide bonds. The van der Waals surface area contributed by atoms with Crippen LogP contribution in [-0.4, -0.2) is 24.0 Å². The zero-order valence-electron chi connectivity index (χ0n) is 8.97. The van der Waals surface area contributed by atoms with Gasteiger partial charge in [-0.3, -0.25) is 0 Å². The van der Waals surface area contributed by atoms with E-state index in [-0.39, 0.29) is 0 Å². The van der Waals surface area contributed by atoms with Crippen molar-refractivity contribution in [3.05, 3.63) is 40.7 Å². The minimum atomic E-state index is 0.952. The highest BCUT2D eigenvalue weighted by molar-refractivity contribution is 7.07. The normalized spacial score (nSPS) is 10.9. The first kappa shape index (κ1) is 10.3. The number of hydrogen-bond donors (Lipinski definition) is 0. The SMILES string of the molecule is CN(C)Cc1ccccc1-c1cscn1. The monoisotopic (exact) mass is 218 g/mol. The van der Waals surface area contributed by atoms with Gasteiger partial charge in [-0.05, 0) is 19.7 Å². The Labute approximate surface area is 94.2 Å². The predicted molar refractivity (Wildman–Crippen MR) is 64.9 cm³/mol. The van der Waals surface area contributed by atoms with Gasteiger partial charge in [0.2, 0.25) is 0 Å². The van der Waals surface area contributed by atoms with Crippen molar-refractivity contribution in [2.75, 3.05) is 14.1 Å². The van der Waals surface area contributed by atoms with Crippen LogP contribution in [0.15, 0.2) is 35.2 Å². The van der Waals surface area contributed by atoms with E-state index in [9.17, 15) is 0 Å². The van der Waals surface area contributed by atoms with E-state index in [1.54, 1.807) is 11.3 Å². The molecule has 15 heavy (non-hydrogen) atoms. The maximum absolute atomic E-state index is 4.35. The molecule has 2 nitrogen and oxygen atoms in total. The van der Waals surface area contributed by atoms with E-state index in [1.165, 1.54) is 11.1 Å². The Balaban J connectivity index is 2.38. The van der Waals surface area contributed by atoms with Crippen LogP contribution in [0.3, 0.4) is 0 Å². The van der Waals surface area contributed by atoms with E-state index in [0.717, 1.165) is 12.2 Å². The summed E-state index contributed by atoms with van der Waals surface area (Å²) in [6.07, 6.45) is 0. The second-order valence-corrected chi connectivity index (χ2v) is 4.49. The highest BCUT2D eigenvalue weighted by Crippen LogP contribution is 2.23. The molecule has 2 rings (SSSR count). The number of aromatic nitrogens is 1. The van der Waals surface area contributed by atoms with E-state index in [0.29, 0.717) is 0 Å². The molecular formula is C12H14N2S. The van der Waals surface area contributed by atoms with Crippen LogP contribution in [0.5, 0.6) is 0 Å². The number of thiazole rings is 1. The lowest BCUT2D eigenvalue weighted by molar-refractivity contribution is 0.403. The Hall–Kier alpha value is -1.19. The van der Waals surface area contributed by atoms with Gasteiger partial charge in [0.1, 0.15) is 0 Å². The summed E-state index contributed by atoms with van der Waals surface area (Å²) in [6.45, 7) is 0.952. The molecule has 1 heterocycles. The number of benzene rings is 1. The van der Waals surface area contributed by atoms with Crippen molar-refractivity contribution in [2.24, 2.45) is 0 Å². The lowest BCUT2D eigenvalue weighted by atomic mass is 10.1. The third kappa shape index (κ3) is 2.43. The Morgan fingerprint density at radius 3 is 2.73 bits per heavy atom. The van der Waals surface area contributed by atoms with E-state index >= 15 is 0 Å². The van der Waals surface area contributed by atoms with Crippen LogP contribution in [-0.2, 0) is 6.54 Å². The Bertz CT molecular complexity index is 421. The Morgan fingerprint density at radius 1 is 1.27 bits per heavy atom. The van der Waals surface area contributed by atoms with Crippen LogP contribution in [0, 0.1) is 0 Å². The third-order valence-corrected chi connectivity index (χ3v) is 2.80. The van der Waals surface area contributed by atoms with E-state index < -0.39 is 0 Å². The minimum Gasteiger partial charge on any atom is -0.305 e. The molecule has 0 saturated carbocycles. The summed E-state index contributed by atoms with van der Waals surface area (Å²) < 4.78 is 0. The third-order valence-electron chi connectivity index (χ3n) is 2.21. The maximum atomic E-state index is 4.35. The Morgan fingerprint density at radius 2 is 2.07 bits per heavy atom. The predicted octanol–water partition coefficient (Wildman–Crippen LogP) is 2.87. The van der Waals surface area contributed by atoms with Gasteiger partial charge in [0.15, 0.2) is 0 Å². The van der Waals surface area contributed by atoms with Crippen LogP contribution >= 0.6 is 11.3 Å². The summed E-state index contributed by atoms with van der Waals surface area (Å²) in [6, 6.07) is 8.44. The average Bonchev–Trinajstić information content (AvgIpc) is 2.70. The zero-order valence-corrected chi connectivity index (χ0v) is 9.79. The second-order valence-electron chi connectivity index (χ2n) is 3.77. The first-order valence-corrected chi connectivity index (χ1v) is 5.83. The van der Waals surface area contributed by atoms with Crippen molar-refractivity contribution < 1.29 is 0 Å². The number of hydrogen-bond acceptors (Lipinski definition) is 3. The molecule has 0 unspecified atom stereocenters. The summed E-state index contributed by atoms with van der Waals surface area (Å²) in [5, 5.41) is 2.09.